The maximum atomic E-state index is 4.48. The Hall–Kier alpha value is -0.480. The molecule has 3 fully saturated rings. The highest BCUT2D eigenvalue weighted by molar-refractivity contribution is 7.11. The summed E-state index contributed by atoms with van der Waals surface area (Å²) in [4.78, 5) is 0. The van der Waals surface area contributed by atoms with E-state index in [9.17, 15) is 0 Å². The Labute approximate surface area is 112 Å². The quantitative estimate of drug-likeness (QED) is 0.829. The summed E-state index contributed by atoms with van der Waals surface area (Å²) in [6.45, 7) is 1.08. The molecule has 3 aliphatic rings. The normalized spacial score (nSPS) is 40.2. The van der Waals surface area contributed by atoms with Crippen LogP contribution >= 0.6 is 11.3 Å². The molecular weight excluding hydrogens is 242 g/mol. The van der Waals surface area contributed by atoms with Crippen molar-refractivity contribution in [3.8, 4) is 0 Å². The van der Waals surface area contributed by atoms with E-state index in [4.69, 9.17) is 0 Å². The smallest absolute Gasteiger partial charge is 0.121 e. The Bertz CT molecular complexity index is 428. The third-order valence-electron chi connectivity index (χ3n) is 5.32. The Balaban J connectivity index is 1.41. The first-order valence-electron chi connectivity index (χ1n) is 7.35. The van der Waals surface area contributed by atoms with Gasteiger partial charge in [-0.15, -0.1) is 21.5 Å². The van der Waals surface area contributed by atoms with E-state index in [1.807, 2.05) is 18.4 Å². The van der Waals surface area contributed by atoms with Crippen LogP contribution in [0.2, 0.25) is 0 Å². The number of aromatic nitrogens is 2. The maximum absolute atomic E-state index is 4.48. The second-order valence-electron chi connectivity index (χ2n) is 6.25. The fraction of sp³-hybridized carbons (Fsp3) is 0.857. The molecule has 1 aromatic heterocycles. The third-order valence-corrected chi connectivity index (χ3v) is 6.40. The van der Waals surface area contributed by atoms with Crippen molar-refractivity contribution in [2.24, 2.45) is 23.7 Å². The highest BCUT2D eigenvalue weighted by Gasteiger charge is 2.66. The van der Waals surface area contributed by atoms with Crippen molar-refractivity contribution in [1.29, 1.82) is 0 Å². The molecule has 3 saturated carbocycles. The molecule has 0 saturated heterocycles. The Morgan fingerprint density at radius 2 is 2.00 bits per heavy atom. The van der Waals surface area contributed by atoms with E-state index in [1.165, 1.54) is 35.7 Å². The minimum atomic E-state index is 0.812. The summed E-state index contributed by atoms with van der Waals surface area (Å²) < 4.78 is 0. The third kappa shape index (κ3) is 1.65. The molecule has 4 atom stereocenters. The van der Waals surface area contributed by atoms with Crippen LogP contribution in [0.15, 0.2) is 0 Å². The fourth-order valence-corrected chi connectivity index (χ4v) is 5.68. The minimum Gasteiger partial charge on any atom is -0.320 e. The molecule has 3 nitrogen and oxygen atoms in total. The summed E-state index contributed by atoms with van der Waals surface area (Å²) in [5.74, 6) is 4.90. The highest BCUT2D eigenvalue weighted by Crippen LogP contribution is 2.73. The Morgan fingerprint density at radius 3 is 2.72 bits per heavy atom. The summed E-state index contributed by atoms with van der Waals surface area (Å²) in [5, 5.41) is 14.7. The van der Waals surface area contributed by atoms with Crippen LogP contribution in [0.25, 0.3) is 0 Å². The topological polar surface area (TPSA) is 37.8 Å². The van der Waals surface area contributed by atoms with Gasteiger partial charge in [-0.1, -0.05) is 0 Å². The van der Waals surface area contributed by atoms with Gasteiger partial charge in [-0.05, 0) is 62.9 Å². The number of aryl methyl sites for hydroxylation is 1. The molecule has 0 amide bonds. The van der Waals surface area contributed by atoms with E-state index >= 15 is 0 Å². The predicted molar refractivity (Wildman–Crippen MR) is 72.7 cm³/mol. The number of hydrogen-bond acceptors (Lipinski definition) is 4. The zero-order chi connectivity index (χ0) is 12.1. The van der Waals surface area contributed by atoms with Crippen molar-refractivity contribution >= 4 is 11.3 Å². The van der Waals surface area contributed by atoms with Crippen molar-refractivity contribution in [2.45, 2.75) is 38.0 Å². The largest absolute Gasteiger partial charge is 0.320 e. The lowest BCUT2D eigenvalue weighted by Crippen LogP contribution is -2.08. The molecule has 0 radical (unpaired) electrons. The van der Waals surface area contributed by atoms with Crippen LogP contribution in [0.4, 0.5) is 0 Å². The SMILES string of the molecule is CNCCCc1nnc(C2C3C4CCC(C4)C23)s1. The fourth-order valence-electron chi connectivity index (χ4n) is 4.57. The van der Waals surface area contributed by atoms with Gasteiger partial charge in [0.05, 0.1) is 0 Å². The van der Waals surface area contributed by atoms with Crippen LogP contribution in [-0.4, -0.2) is 23.8 Å². The van der Waals surface area contributed by atoms with E-state index in [2.05, 4.69) is 15.5 Å². The number of rotatable bonds is 5. The van der Waals surface area contributed by atoms with Gasteiger partial charge >= 0.3 is 0 Å². The summed E-state index contributed by atoms with van der Waals surface area (Å²) in [5.41, 5.74) is 0. The lowest BCUT2D eigenvalue weighted by molar-refractivity contribution is 0.456. The first-order chi connectivity index (χ1) is 8.88. The zero-order valence-electron chi connectivity index (χ0n) is 10.9. The predicted octanol–water partition coefficient (Wildman–Crippen LogP) is 2.45. The second-order valence-corrected chi connectivity index (χ2v) is 7.35. The van der Waals surface area contributed by atoms with Crippen LogP contribution < -0.4 is 5.32 Å². The van der Waals surface area contributed by atoms with Crippen molar-refractivity contribution < 1.29 is 0 Å². The number of fused-ring (bicyclic) bond motifs is 5. The molecule has 98 valence electrons. The first-order valence-corrected chi connectivity index (χ1v) is 8.17. The van der Waals surface area contributed by atoms with Gasteiger partial charge in [0.2, 0.25) is 0 Å². The lowest BCUT2D eigenvalue weighted by Gasteiger charge is -2.04. The Kier molecular flexibility index (Phi) is 2.69. The van der Waals surface area contributed by atoms with E-state index in [-0.39, 0.29) is 0 Å². The summed E-state index contributed by atoms with van der Waals surface area (Å²) in [6, 6.07) is 0. The van der Waals surface area contributed by atoms with Crippen molar-refractivity contribution in [2.75, 3.05) is 13.6 Å². The molecule has 2 bridgehead atoms. The van der Waals surface area contributed by atoms with Crippen LogP contribution in [0.3, 0.4) is 0 Å². The summed E-state index contributed by atoms with van der Waals surface area (Å²) in [7, 11) is 2.01. The van der Waals surface area contributed by atoms with Gasteiger partial charge in [0.1, 0.15) is 10.0 Å². The molecule has 18 heavy (non-hydrogen) atoms. The van der Waals surface area contributed by atoms with E-state index in [0.29, 0.717) is 0 Å². The molecule has 1 N–H and O–H groups in total. The van der Waals surface area contributed by atoms with Gasteiger partial charge in [-0.2, -0.15) is 0 Å². The summed E-state index contributed by atoms with van der Waals surface area (Å²) >= 11 is 1.89. The van der Waals surface area contributed by atoms with Crippen molar-refractivity contribution in [1.82, 2.24) is 15.5 Å². The standard InChI is InChI=1S/C14H21N3S/c1-15-6-2-3-10-16-17-14(18-10)13-11-8-4-5-9(7-8)12(11)13/h8-9,11-13,15H,2-7H2,1H3. The van der Waals surface area contributed by atoms with Gasteiger partial charge in [-0.3, -0.25) is 0 Å². The van der Waals surface area contributed by atoms with Gasteiger partial charge in [0, 0.05) is 12.3 Å². The molecule has 0 aliphatic heterocycles. The first kappa shape index (κ1) is 11.4. The van der Waals surface area contributed by atoms with Crippen molar-refractivity contribution in [3.63, 3.8) is 0 Å². The van der Waals surface area contributed by atoms with Crippen molar-refractivity contribution in [3.05, 3.63) is 10.0 Å². The second kappa shape index (κ2) is 4.27. The molecule has 4 unspecified atom stereocenters. The summed E-state index contributed by atoms with van der Waals surface area (Å²) in [6.07, 6.45) is 6.79. The molecule has 0 aromatic carbocycles. The number of hydrogen-bond donors (Lipinski definition) is 1. The lowest BCUT2D eigenvalue weighted by atomic mass is 10.0. The average Bonchev–Trinajstić information content (AvgIpc) is 2.77. The molecule has 4 heteroatoms. The van der Waals surface area contributed by atoms with Crippen LogP contribution in [0.5, 0.6) is 0 Å². The average molecular weight is 263 g/mol. The number of nitrogens with zero attached hydrogens (tertiary/aromatic N) is 2. The molecular formula is C14H21N3S. The van der Waals surface area contributed by atoms with Crippen LogP contribution in [0, 0.1) is 23.7 Å². The highest BCUT2D eigenvalue weighted by atomic mass is 32.1. The Morgan fingerprint density at radius 1 is 1.22 bits per heavy atom. The van der Waals surface area contributed by atoms with Gasteiger partial charge < -0.3 is 5.32 Å². The van der Waals surface area contributed by atoms with Crippen LogP contribution in [0.1, 0.15) is 41.6 Å². The molecule has 0 spiro atoms. The number of nitrogens with one attached hydrogen (secondary N) is 1. The molecule has 1 aromatic rings. The molecule has 1 heterocycles. The zero-order valence-corrected chi connectivity index (χ0v) is 11.7. The van der Waals surface area contributed by atoms with Gasteiger partial charge in [0.15, 0.2) is 0 Å². The minimum absolute atomic E-state index is 0.812. The van der Waals surface area contributed by atoms with Crippen LogP contribution in [-0.2, 0) is 6.42 Å². The van der Waals surface area contributed by atoms with E-state index in [1.54, 1.807) is 0 Å². The molecule has 4 rings (SSSR count). The molecule has 3 aliphatic carbocycles. The van der Waals surface area contributed by atoms with Gasteiger partial charge in [-0.25, -0.2) is 0 Å². The van der Waals surface area contributed by atoms with E-state index in [0.717, 1.165) is 42.6 Å². The maximum Gasteiger partial charge on any atom is 0.121 e. The van der Waals surface area contributed by atoms with E-state index < -0.39 is 0 Å². The van der Waals surface area contributed by atoms with Gasteiger partial charge in [0.25, 0.3) is 0 Å². The monoisotopic (exact) mass is 263 g/mol.